The van der Waals surface area contributed by atoms with Crippen molar-refractivity contribution >= 4 is 17.2 Å². The van der Waals surface area contributed by atoms with E-state index < -0.39 is 0 Å². The fourth-order valence-electron chi connectivity index (χ4n) is 2.76. The summed E-state index contributed by atoms with van der Waals surface area (Å²) in [6.45, 7) is 2.71. The van der Waals surface area contributed by atoms with E-state index in [-0.39, 0.29) is 17.6 Å². The zero-order valence-corrected chi connectivity index (χ0v) is 13.1. The number of benzene rings is 1. The largest absolute Gasteiger partial charge is 0.508 e. The molecule has 1 heterocycles. The first kappa shape index (κ1) is 14.1. The second-order valence-electron chi connectivity index (χ2n) is 5.78. The first-order valence-corrected chi connectivity index (χ1v) is 8.01. The van der Waals surface area contributed by atoms with Crippen LogP contribution in [0.15, 0.2) is 35.7 Å². The molecule has 0 spiro atoms. The summed E-state index contributed by atoms with van der Waals surface area (Å²) in [5, 5.41) is 11.4. The number of nitrogens with zero attached hydrogens (tertiary/aromatic N) is 1. The van der Waals surface area contributed by atoms with E-state index in [1.165, 1.54) is 10.4 Å². The Morgan fingerprint density at radius 1 is 1.33 bits per heavy atom. The Kier molecular flexibility index (Phi) is 3.72. The molecule has 1 N–H and O–H groups in total. The molecule has 0 saturated heterocycles. The van der Waals surface area contributed by atoms with Crippen molar-refractivity contribution in [2.45, 2.75) is 25.8 Å². The van der Waals surface area contributed by atoms with Gasteiger partial charge in [0.1, 0.15) is 5.75 Å². The molecule has 21 heavy (non-hydrogen) atoms. The molecule has 2 atom stereocenters. The predicted octanol–water partition coefficient (Wildman–Crippen LogP) is 3.52. The normalized spacial score (nSPS) is 20.3. The molecule has 0 aliphatic heterocycles. The molecule has 2 aromatic rings. The zero-order valence-electron chi connectivity index (χ0n) is 12.2. The number of amides is 1. The fraction of sp³-hybridized carbons (Fsp3) is 0.353. The summed E-state index contributed by atoms with van der Waals surface area (Å²) in [7, 11) is 1.85. The van der Waals surface area contributed by atoms with E-state index in [0.717, 1.165) is 12.0 Å². The Labute approximate surface area is 128 Å². The second-order valence-corrected chi connectivity index (χ2v) is 6.72. The van der Waals surface area contributed by atoms with E-state index in [0.29, 0.717) is 12.5 Å². The van der Waals surface area contributed by atoms with Gasteiger partial charge in [0.05, 0.1) is 0 Å². The van der Waals surface area contributed by atoms with Gasteiger partial charge in [0.2, 0.25) is 5.91 Å². The molecular weight excluding hydrogens is 282 g/mol. The quantitative estimate of drug-likeness (QED) is 0.938. The van der Waals surface area contributed by atoms with Crippen LogP contribution in [0.4, 0.5) is 0 Å². The van der Waals surface area contributed by atoms with Crippen LogP contribution in [-0.2, 0) is 11.3 Å². The van der Waals surface area contributed by atoms with Crippen LogP contribution in [-0.4, -0.2) is 23.0 Å². The van der Waals surface area contributed by atoms with Gasteiger partial charge in [-0.15, -0.1) is 11.3 Å². The van der Waals surface area contributed by atoms with Gasteiger partial charge in [0.25, 0.3) is 0 Å². The Morgan fingerprint density at radius 2 is 2.05 bits per heavy atom. The summed E-state index contributed by atoms with van der Waals surface area (Å²) < 4.78 is 0. The molecule has 1 aromatic carbocycles. The van der Waals surface area contributed by atoms with Gasteiger partial charge in [-0.2, -0.15) is 0 Å². The van der Waals surface area contributed by atoms with Crippen molar-refractivity contribution in [3.8, 4) is 5.75 Å². The number of hydrogen-bond donors (Lipinski definition) is 1. The Morgan fingerprint density at radius 3 is 2.67 bits per heavy atom. The van der Waals surface area contributed by atoms with Crippen molar-refractivity contribution in [2.75, 3.05) is 7.05 Å². The van der Waals surface area contributed by atoms with Crippen molar-refractivity contribution in [1.29, 1.82) is 0 Å². The average Bonchev–Trinajstić information content (AvgIpc) is 3.15. The van der Waals surface area contributed by atoms with Crippen LogP contribution in [0, 0.1) is 12.8 Å². The minimum Gasteiger partial charge on any atom is -0.508 e. The molecule has 0 unspecified atom stereocenters. The Hall–Kier alpha value is -1.81. The third-order valence-electron chi connectivity index (χ3n) is 4.08. The van der Waals surface area contributed by atoms with Gasteiger partial charge in [-0.25, -0.2) is 0 Å². The van der Waals surface area contributed by atoms with Crippen LogP contribution in [0.2, 0.25) is 0 Å². The van der Waals surface area contributed by atoms with Gasteiger partial charge >= 0.3 is 0 Å². The summed E-state index contributed by atoms with van der Waals surface area (Å²) >= 11 is 1.76. The molecule has 3 rings (SSSR count). The van der Waals surface area contributed by atoms with E-state index in [1.807, 2.05) is 19.2 Å². The van der Waals surface area contributed by atoms with Gasteiger partial charge in [0, 0.05) is 30.3 Å². The highest BCUT2D eigenvalue weighted by atomic mass is 32.1. The monoisotopic (exact) mass is 301 g/mol. The molecular formula is C17H19NO2S. The lowest BCUT2D eigenvalue weighted by Crippen LogP contribution is -2.28. The predicted molar refractivity (Wildman–Crippen MR) is 84.5 cm³/mol. The summed E-state index contributed by atoms with van der Waals surface area (Å²) in [5.74, 6) is 1.04. The zero-order chi connectivity index (χ0) is 15.0. The summed E-state index contributed by atoms with van der Waals surface area (Å²) in [4.78, 5) is 15.6. The lowest BCUT2D eigenvalue weighted by Gasteiger charge is -2.17. The Bertz CT molecular complexity index is 647. The molecule has 0 bridgehead atoms. The number of carbonyl (C=O) groups excluding carboxylic acids is 1. The van der Waals surface area contributed by atoms with Gasteiger partial charge in [-0.1, -0.05) is 12.1 Å². The van der Waals surface area contributed by atoms with Crippen LogP contribution >= 0.6 is 11.3 Å². The van der Waals surface area contributed by atoms with E-state index in [2.05, 4.69) is 18.4 Å². The van der Waals surface area contributed by atoms with Crippen molar-refractivity contribution < 1.29 is 9.90 Å². The highest BCUT2D eigenvalue weighted by molar-refractivity contribution is 7.10. The molecule has 110 valence electrons. The minimum atomic E-state index is 0.143. The smallest absolute Gasteiger partial charge is 0.226 e. The number of phenols is 1. The first-order valence-electron chi connectivity index (χ1n) is 7.13. The van der Waals surface area contributed by atoms with E-state index in [9.17, 15) is 9.90 Å². The molecule has 1 aromatic heterocycles. The highest BCUT2D eigenvalue weighted by Gasteiger charge is 2.46. The number of aromatic hydroxyl groups is 1. The third kappa shape index (κ3) is 2.95. The maximum absolute atomic E-state index is 12.5. The number of aryl methyl sites for hydroxylation is 1. The third-order valence-corrected chi connectivity index (χ3v) is 5.23. The van der Waals surface area contributed by atoms with Crippen molar-refractivity contribution in [3.05, 3.63) is 51.7 Å². The van der Waals surface area contributed by atoms with Crippen LogP contribution in [0.5, 0.6) is 5.75 Å². The van der Waals surface area contributed by atoms with Crippen molar-refractivity contribution in [1.82, 2.24) is 4.90 Å². The average molecular weight is 301 g/mol. The molecule has 0 radical (unpaired) electrons. The first-order chi connectivity index (χ1) is 10.1. The van der Waals surface area contributed by atoms with Gasteiger partial charge in [-0.05, 0) is 48.1 Å². The highest BCUT2D eigenvalue weighted by Crippen LogP contribution is 2.51. The van der Waals surface area contributed by atoms with Gasteiger partial charge in [0.15, 0.2) is 0 Å². The Balaban J connectivity index is 1.61. The van der Waals surface area contributed by atoms with E-state index in [4.69, 9.17) is 0 Å². The topological polar surface area (TPSA) is 40.5 Å². The second kappa shape index (κ2) is 5.53. The standard InChI is InChI=1S/C17H19NO2S/c1-11-7-8-21-16(11)14-9-15(14)17(20)18(2)10-12-3-5-13(19)6-4-12/h3-8,14-15,19H,9-10H2,1-2H3/t14-,15-/m0/s1. The SMILES string of the molecule is Cc1ccsc1[C@H]1C[C@@H]1C(=O)N(C)Cc1ccc(O)cc1. The summed E-state index contributed by atoms with van der Waals surface area (Å²) in [6, 6.07) is 9.14. The molecule has 3 nitrogen and oxygen atoms in total. The number of rotatable bonds is 4. The fourth-order valence-corrected chi connectivity index (χ4v) is 3.87. The molecule has 1 aliphatic rings. The van der Waals surface area contributed by atoms with Crippen LogP contribution < -0.4 is 0 Å². The molecule has 1 aliphatic carbocycles. The number of thiophene rings is 1. The molecule has 4 heteroatoms. The lowest BCUT2D eigenvalue weighted by molar-refractivity contribution is -0.131. The number of phenolic OH excluding ortho intramolecular Hbond substituents is 1. The van der Waals surface area contributed by atoms with Crippen LogP contribution in [0.25, 0.3) is 0 Å². The van der Waals surface area contributed by atoms with Gasteiger partial charge < -0.3 is 10.0 Å². The maximum atomic E-state index is 12.5. The molecule has 1 fully saturated rings. The summed E-state index contributed by atoms with van der Waals surface area (Å²) in [5.41, 5.74) is 2.34. The number of carbonyl (C=O) groups is 1. The van der Waals surface area contributed by atoms with Crippen molar-refractivity contribution in [3.63, 3.8) is 0 Å². The van der Waals surface area contributed by atoms with E-state index >= 15 is 0 Å². The molecule has 1 amide bonds. The molecule has 1 saturated carbocycles. The lowest BCUT2D eigenvalue weighted by atomic mass is 10.1. The van der Waals surface area contributed by atoms with Gasteiger partial charge in [-0.3, -0.25) is 4.79 Å². The van der Waals surface area contributed by atoms with E-state index in [1.54, 1.807) is 28.4 Å². The summed E-state index contributed by atoms with van der Waals surface area (Å²) in [6.07, 6.45) is 0.972. The minimum absolute atomic E-state index is 0.143. The van der Waals surface area contributed by atoms with Crippen molar-refractivity contribution in [2.24, 2.45) is 5.92 Å². The van der Waals surface area contributed by atoms with Crippen LogP contribution in [0.1, 0.15) is 28.3 Å². The van der Waals surface area contributed by atoms with Crippen LogP contribution in [0.3, 0.4) is 0 Å². The maximum Gasteiger partial charge on any atom is 0.226 e. The number of hydrogen-bond acceptors (Lipinski definition) is 3.